The fraction of sp³-hybridized carbons (Fsp3) is 0.467. The minimum absolute atomic E-state index is 0.208. The van der Waals surface area contributed by atoms with Crippen molar-refractivity contribution >= 4 is 22.0 Å². The Morgan fingerprint density at radius 2 is 1.86 bits per heavy atom. The molecule has 1 aliphatic rings. The van der Waals surface area contributed by atoms with E-state index in [1.807, 2.05) is 40.7 Å². The molecule has 0 saturated carbocycles. The van der Waals surface area contributed by atoms with E-state index >= 15 is 0 Å². The van der Waals surface area contributed by atoms with Crippen molar-refractivity contribution in [3.8, 4) is 0 Å². The van der Waals surface area contributed by atoms with Crippen LogP contribution in [0.2, 0.25) is 0 Å². The number of aliphatic hydroxyl groups excluding tert-OH is 1. The van der Waals surface area contributed by atoms with Crippen molar-refractivity contribution in [2.75, 3.05) is 5.75 Å². The van der Waals surface area contributed by atoms with Gasteiger partial charge in [0.2, 0.25) is 5.88 Å². The van der Waals surface area contributed by atoms with Crippen molar-refractivity contribution in [1.82, 2.24) is 9.03 Å². The van der Waals surface area contributed by atoms with E-state index in [-0.39, 0.29) is 12.4 Å². The Balaban J connectivity index is 1.87. The highest BCUT2D eigenvalue weighted by atomic mass is 32.2. The molecule has 0 fully saturated rings. The first-order valence-electron chi connectivity index (χ1n) is 7.23. The number of aliphatic hydroxyl groups is 1. The molecule has 22 heavy (non-hydrogen) atoms. The van der Waals surface area contributed by atoms with Crippen LogP contribution in [0.5, 0.6) is 0 Å². The minimum atomic E-state index is -3.63. The summed E-state index contributed by atoms with van der Waals surface area (Å²) in [5.74, 6) is 2.51. The van der Waals surface area contributed by atoms with Gasteiger partial charge in [-0.1, -0.05) is 38.1 Å². The van der Waals surface area contributed by atoms with Gasteiger partial charge in [-0.15, -0.1) is 0 Å². The van der Waals surface area contributed by atoms with Gasteiger partial charge in [0.15, 0.2) is 0 Å². The van der Waals surface area contributed by atoms with Crippen molar-refractivity contribution in [2.24, 2.45) is 5.92 Å². The average Bonchev–Trinajstić information content (AvgIpc) is 2.69. The third-order valence-corrected chi connectivity index (χ3v) is 5.66. The van der Waals surface area contributed by atoms with E-state index in [0.717, 1.165) is 27.3 Å². The second-order valence-electron chi connectivity index (χ2n) is 5.72. The van der Waals surface area contributed by atoms with Crippen LogP contribution in [-0.4, -0.2) is 23.6 Å². The molecule has 0 unspecified atom stereocenters. The van der Waals surface area contributed by atoms with Crippen LogP contribution in [0, 0.1) is 5.92 Å². The van der Waals surface area contributed by atoms with E-state index in [0.29, 0.717) is 0 Å². The van der Waals surface area contributed by atoms with Gasteiger partial charge < -0.3 is 5.11 Å². The summed E-state index contributed by atoms with van der Waals surface area (Å²) in [4.78, 5) is 0. The van der Waals surface area contributed by atoms with Crippen molar-refractivity contribution in [3.63, 3.8) is 0 Å². The van der Waals surface area contributed by atoms with Crippen LogP contribution in [-0.2, 0) is 22.5 Å². The highest BCUT2D eigenvalue weighted by Crippen LogP contribution is 2.18. The molecule has 0 aliphatic carbocycles. The summed E-state index contributed by atoms with van der Waals surface area (Å²) in [6, 6.07) is 7.91. The van der Waals surface area contributed by atoms with Crippen LogP contribution in [0.3, 0.4) is 0 Å². The molecule has 0 atom stereocenters. The molecule has 7 heteroatoms. The maximum absolute atomic E-state index is 11.7. The lowest BCUT2D eigenvalue weighted by Crippen LogP contribution is -2.29. The Morgan fingerprint density at radius 1 is 1.23 bits per heavy atom. The van der Waals surface area contributed by atoms with Crippen molar-refractivity contribution in [1.29, 1.82) is 0 Å². The number of hydrogen-bond donors (Lipinski definition) is 2. The molecule has 0 spiro atoms. The molecule has 1 heterocycles. The number of nitrogens with one attached hydrogen (secondary N) is 1. The fourth-order valence-corrected chi connectivity index (χ4v) is 4.19. The highest BCUT2D eigenvalue weighted by Gasteiger charge is 2.26. The molecule has 0 saturated heterocycles. The molecule has 0 amide bonds. The lowest BCUT2D eigenvalue weighted by Gasteiger charge is -2.14. The summed E-state index contributed by atoms with van der Waals surface area (Å²) in [7, 11) is -3.63. The Kier molecular flexibility index (Phi) is 5.63. The molecule has 0 bridgehead atoms. The van der Waals surface area contributed by atoms with E-state index in [9.17, 15) is 13.5 Å². The quantitative estimate of drug-likeness (QED) is 0.748. The SMILES string of the molecule is CC(C)CCSCc1ccc(CN2C=C(O)NS2(=O)=O)cc1. The number of benzene rings is 1. The van der Waals surface area contributed by atoms with Crippen molar-refractivity contribution in [3.05, 3.63) is 47.5 Å². The Labute approximate surface area is 136 Å². The topological polar surface area (TPSA) is 69.6 Å². The highest BCUT2D eigenvalue weighted by molar-refractivity contribution is 7.98. The summed E-state index contributed by atoms with van der Waals surface area (Å²) < 4.78 is 26.5. The lowest BCUT2D eigenvalue weighted by molar-refractivity contribution is 0.390. The zero-order valence-electron chi connectivity index (χ0n) is 12.8. The van der Waals surface area contributed by atoms with E-state index in [1.54, 1.807) is 0 Å². The molecule has 2 rings (SSSR count). The maximum atomic E-state index is 11.7. The smallest absolute Gasteiger partial charge is 0.326 e. The van der Waals surface area contributed by atoms with Crippen LogP contribution < -0.4 is 4.72 Å². The predicted octanol–water partition coefficient (Wildman–Crippen LogP) is 2.97. The fourth-order valence-electron chi connectivity index (χ4n) is 1.98. The molecule has 1 aliphatic heterocycles. The molecule has 0 radical (unpaired) electrons. The Hall–Kier alpha value is -1.34. The number of nitrogens with zero attached hydrogens (tertiary/aromatic N) is 1. The molecule has 122 valence electrons. The van der Waals surface area contributed by atoms with E-state index in [1.165, 1.54) is 18.2 Å². The molecular weight excluding hydrogens is 320 g/mol. The summed E-state index contributed by atoms with van der Waals surface area (Å²) in [6.45, 7) is 4.66. The largest absolute Gasteiger partial charge is 0.493 e. The van der Waals surface area contributed by atoms with Gasteiger partial charge in [-0.05, 0) is 29.2 Å². The van der Waals surface area contributed by atoms with Crippen molar-refractivity contribution in [2.45, 2.75) is 32.6 Å². The minimum Gasteiger partial charge on any atom is -0.493 e. The van der Waals surface area contributed by atoms with Crippen LogP contribution in [0.1, 0.15) is 31.4 Å². The van der Waals surface area contributed by atoms with Gasteiger partial charge in [-0.25, -0.2) is 4.72 Å². The predicted molar refractivity (Wildman–Crippen MR) is 90.4 cm³/mol. The molecule has 1 aromatic rings. The molecule has 1 aromatic carbocycles. The normalized spacial score (nSPS) is 16.7. The number of rotatable bonds is 7. The van der Waals surface area contributed by atoms with E-state index < -0.39 is 10.2 Å². The summed E-state index contributed by atoms with van der Waals surface area (Å²) >= 11 is 1.91. The number of hydrogen-bond acceptors (Lipinski definition) is 4. The van der Waals surface area contributed by atoms with Gasteiger partial charge in [0.1, 0.15) is 0 Å². The van der Waals surface area contributed by atoms with Crippen LogP contribution in [0.15, 0.2) is 36.3 Å². The molecule has 5 nitrogen and oxygen atoms in total. The zero-order valence-corrected chi connectivity index (χ0v) is 14.5. The Morgan fingerprint density at radius 3 is 2.41 bits per heavy atom. The number of thioether (sulfide) groups is 1. The van der Waals surface area contributed by atoms with Gasteiger partial charge in [-0.2, -0.15) is 20.2 Å². The van der Waals surface area contributed by atoms with Gasteiger partial charge in [-0.3, -0.25) is 4.31 Å². The molecule has 0 aromatic heterocycles. The third-order valence-electron chi connectivity index (χ3n) is 3.28. The first kappa shape index (κ1) is 17.0. The summed E-state index contributed by atoms with van der Waals surface area (Å²) in [5, 5.41) is 9.24. The first-order valence-corrected chi connectivity index (χ1v) is 9.82. The zero-order chi connectivity index (χ0) is 16.2. The van der Waals surface area contributed by atoms with Gasteiger partial charge >= 0.3 is 10.2 Å². The average molecular weight is 342 g/mol. The van der Waals surface area contributed by atoms with Gasteiger partial charge in [0.25, 0.3) is 0 Å². The van der Waals surface area contributed by atoms with Crippen LogP contribution in [0.4, 0.5) is 0 Å². The molecule has 2 N–H and O–H groups in total. The van der Waals surface area contributed by atoms with Gasteiger partial charge in [0, 0.05) is 5.75 Å². The van der Waals surface area contributed by atoms with E-state index in [4.69, 9.17) is 0 Å². The van der Waals surface area contributed by atoms with E-state index in [2.05, 4.69) is 13.8 Å². The van der Waals surface area contributed by atoms with Crippen molar-refractivity contribution < 1.29 is 13.5 Å². The first-order chi connectivity index (χ1) is 10.4. The molecular formula is C15H22N2O3S2. The third kappa shape index (κ3) is 4.84. The lowest BCUT2D eigenvalue weighted by atomic mass is 10.1. The maximum Gasteiger partial charge on any atom is 0.326 e. The summed E-state index contributed by atoms with van der Waals surface area (Å²) in [5.41, 5.74) is 2.12. The van der Waals surface area contributed by atoms with Crippen LogP contribution in [0.25, 0.3) is 0 Å². The Bertz CT molecular complexity index is 625. The standard InChI is InChI=1S/C15H22N2O3S2/c1-12(2)7-8-21-11-14-5-3-13(4-6-14)9-17-10-15(18)16-22(17,19)20/h3-6,10,12,16,18H,7-9,11H2,1-2H3. The second-order valence-corrected chi connectivity index (χ2v) is 8.45. The van der Waals surface area contributed by atoms with Gasteiger partial charge in [0.05, 0.1) is 12.7 Å². The second kappa shape index (κ2) is 7.28. The monoisotopic (exact) mass is 342 g/mol. The van der Waals surface area contributed by atoms with Crippen LogP contribution >= 0.6 is 11.8 Å². The summed E-state index contributed by atoms with van der Waals surface area (Å²) in [6.07, 6.45) is 2.41.